The average Bonchev–Trinajstić information content (AvgIpc) is 2.84. The van der Waals surface area contributed by atoms with Gasteiger partial charge >= 0.3 is 0 Å². The molecule has 0 radical (unpaired) electrons. The third-order valence-electron chi connectivity index (χ3n) is 6.35. The highest BCUT2D eigenvalue weighted by Gasteiger charge is 2.31. The molecule has 0 saturated carbocycles. The third kappa shape index (κ3) is 2.21. The van der Waals surface area contributed by atoms with Crippen LogP contribution in [0.25, 0.3) is 43.6 Å². The highest BCUT2D eigenvalue weighted by Crippen LogP contribution is 2.34. The fourth-order valence-corrected chi connectivity index (χ4v) is 4.80. The SMILES string of the molecule is O=C1c2ccccc2C(=O)c2c1ccc1nc3c(ccc4cc5ccccc5cc43)nc21. The number of rotatable bonds is 0. The van der Waals surface area contributed by atoms with Crippen LogP contribution in [0.1, 0.15) is 31.8 Å². The van der Waals surface area contributed by atoms with Gasteiger partial charge in [0, 0.05) is 22.1 Å². The Labute approximate surface area is 182 Å². The van der Waals surface area contributed by atoms with Crippen LogP contribution in [0.3, 0.4) is 0 Å². The Balaban J connectivity index is 1.57. The highest BCUT2D eigenvalue weighted by atomic mass is 16.1. The Hall–Kier alpha value is -4.44. The van der Waals surface area contributed by atoms with Crippen LogP contribution in [0.15, 0.2) is 84.9 Å². The normalized spacial score (nSPS) is 13.1. The number of ketones is 2. The smallest absolute Gasteiger partial charge is 0.196 e. The standard InChI is InChI=1S/C28H14N2O2/c31-27-18-7-3-4-8-19(18)28(32)24-20(27)10-12-23-26(24)30-22-11-9-17-13-15-5-1-2-6-16(15)14-21(17)25(22)29-23/h1-14H. The minimum atomic E-state index is -0.179. The van der Waals surface area contributed by atoms with Crippen molar-refractivity contribution in [3.8, 4) is 0 Å². The summed E-state index contributed by atoms with van der Waals surface area (Å²) < 4.78 is 0. The summed E-state index contributed by atoms with van der Waals surface area (Å²) >= 11 is 0. The quantitative estimate of drug-likeness (QED) is 0.232. The van der Waals surface area contributed by atoms with Crippen LogP contribution >= 0.6 is 0 Å². The van der Waals surface area contributed by atoms with E-state index in [1.807, 2.05) is 24.3 Å². The van der Waals surface area contributed by atoms with E-state index in [1.54, 1.807) is 36.4 Å². The van der Waals surface area contributed by atoms with Crippen LogP contribution in [0.4, 0.5) is 0 Å². The molecule has 0 fully saturated rings. The van der Waals surface area contributed by atoms with Gasteiger partial charge in [-0.2, -0.15) is 0 Å². The second-order valence-electron chi connectivity index (χ2n) is 8.14. The molecule has 0 N–H and O–H groups in total. The maximum absolute atomic E-state index is 13.3. The van der Waals surface area contributed by atoms with Crippen LogP contribution in [0.2, 0.25) is 0 Å². The molecule has 1 aliphatic carbocycles. The fraction of sp³-hybridized carbons (Fsp3) is 0. The first-order valence-corrected chi connectivity index (χ1v) is 10.4. The molecule has 1 aromatic heterocycles. The van der Waals surface area contributed by atoms with E-state index >= 15 is 0 Å². The van der Waals surface area contributed by atoms with Crippen molar-refractivity contribution in [2.24, 2.45) is 0 Å². The lowest BCUT2D eigenvalue weighted by Gasteiger charge is -2.18. The van der Waals surface area contributed by atoms with Crippen molar-refractivity contribution in [1.82, 2.24) is 9.97 Å². The molecule has 5 aromatic carbocycles. The molecule has 0 unspecified atom stereocenters. The van der Waals surface area contributed by atoms with Gasteiger partial charge in [-0.3, -0.25) is 9.59 Å². The van der Waals surface area contributed by atoms with E-state index in [0.29, 0.717) is 38.8 Å². The zero-order valence-electron chi connectivity index (χ0n) is 16.8. The summed E-state index contributed by atoms with van der Waals surface area (Å²) in [6.45, 7) is 0. The molecule has 6 aromatic rings. The van der Waals surface area contributed by atoms with Crippen molar-refractivity contribution in [2.45, 2.75) is 0 Å². The molecule has 32 heavy (non-hydrogen) atoms. The van der Waals surface area contributed by atoms with Crippen molar-refractivity contribution >= 4 is 55.2 Å². The summed E-state index contributed by atoms with van der Waals surface area (Å²) in [5, 5.41) is 4.41. The summed E-state index contributed by atoms with van der Waals surface area (Å²) in [6, 6.07) is 26.9. The molecule has 0 amide bonds. The van der Waals surface area contributed by atoms with E-state index in [1.165, 1.54) is 5.39 Å². The minimum Gasteiger partial charge on any atom is -0.289 e. The van der Waals surface area contributed by atoms with Crippen LogP contribution in [-0.4, -0.2) is 21.5 Å². The van der Waals surface area contributed by atoms with Crippen molar-refractivity contribution in [3.63, 3.8) is 0 Å². The number of nitrogens with zero attached hydrogens (tertiary/aromatic N) is 2. The predicted molar refractivity (Wildman–Crippen MR) is 125 cm³/mol. The largest absolute Gasteiger partial charge is 0.289 e. The van der Waals surface area contributed by atoms with E-state index in [0.717, 1.165) is 21.7 Å². The first-order valence-electron chi connectivity index (χ1n) is 10.4. The molecule has 4 nitrogen and oxygen atoms in total. The lowest BCUT2D eigenvalue weighted by Crippen LogP contribution is -2.21. The van der Waals surface area contributed by atoms with E-state index in [4.69, 9.17) is 9.97 Å². The first kappa shape index (κ1) is 17.3. The van der Waals surface area contributed by atoms with Crippen molar-refractivity contribution in [3.05, 3.63) is 107 Å². The monoisotopic (exact) mass is 410 g/mol. The number of carbonyl (C=O) groups excluding carboxylic acids is 2. The van der Waals surface area contributed by atoms with Gasteiger partial charge in [-0.05, 0) is 46.5 Å². The maximum atomic E-state index is 13.3. The number of hydrogen-bond donors (Lipinski definition) is 0. The predicted octanol–water partition coefficient (Wildman–Crippen LogP) is 5.86. The van der Waals surface area contributed by atoms with Crippen LogP contribution < -0.4 is 0 Å². The van der Waals surface area contributed by atoms with E-state index in [-0.39, 0.29) is 11.6 Å². The van der Waals surface area contributed by atoms with Gasteiger partial charge in [-0.1, -0.05) is 54.6 Å². The fourth-order valence-electron chi connectivity index (χ4n) is 4.80. The summed E-state index contributed by atoms with van der Waals surface area (Å²) in [7, 11) is 0. The molecular formula is C28H14N2O2. The van der Waals surface area contributed by atoms with Crippen molar-refractivity contribution in [2.75, 3.05) is 0 Å². The van der Waals surface area contributed by atoms with Gasteiger partial charge in [0.2, 0.25) is 0 Å². The summed E-state index contributed by atoms with van der Waals surface area (Å²) in [4.78, 5) is 36.2. The summed E-state index contributed by atoms with van der Waals surface area (Å²) in [6.07, 6.45) is 0. The van der Waals surface area contributed by atoms with Gasteiger partial charge in [-0.25, -0.2) is 9.97 Å². The lowest BCUT2D eigenvalue weighted by atomic mass is 9.83. The van der Waals surface area contributed by atoms with E-state index in [9.17, 15) is 9.59 Å². The van der Waals surface area contributed by atoms with Gasteiger partial charge in [-0.15, -0.1) is 0 Å². The molecule has 4 heteroatoms. The second kappa shape index (κ2) is 6.05. The number of carbonyl (C=O) groups is 2. The van der Waals surface area contributed by atoms with Crippen LogP contribution in [0, 0.1) is 0 Å². The van der Waals surface area contributed by atoms with E-state index < -0.39 is 0 Å². The molecule has 148 valence electrons. The summed E-state index contributed by atoms with van der Waals surface area (Å²) in [5.41, 5.74) is 4.17. The number of fused-ring (bicyclic) bond motifs is 8. The lowest BCUT2D eigenvalue weighted by molar-refractivity contribution is 0.0980. The van der Waals surface area contributed by atoms with Gasteiger partial charge in [0.1, 0.15) is 5.52 Å². The Morgan fingerprint density at radius 1 is 0.500 bits per heavy atom. The van der Waals surface area contributed by atoms with Gasteiger partial charge in [0.15, 0.2) is 11.6 Å². The van der Waals surface area contributed by atoms with Gasteiger partial charge < -0.3 is 0 Å². The van der Waals surface area contributed by atoms with Crippen molar-refractivity contribution in [1.29, 1.82) is 0 Å². The second-order valence-corrected chi connectivity index (χ2v) is 8.14. The summed E-state index contributed by atoms with van der Waals surface area (Å²) in [5.74, 6) is -0.329. The minimum absolute atomic E-state index is 0.149. The number of benzene rings is 5. The van der Waals surface area contributed by atoms with Crippen molar-refractivity contribution < 1.29 is 9.59 Å². The Kier molecular flexibility index (Phi) is 3.26. The van der Waals surface area contributed by atoms with Gasteiger partial charge in [0.25, 0.3) is 0 Å². The molecule has 7 rings (SSSR count). The zero-order valence-corrected chi connectivity index (χ0v) is 16.8. The third-order valence-corrected chi connectivity index (χ3v) is 6.35. The maximum Gasteiger partial charge on any atom is 0.196 e. The van der Waals surface area contributed by atoms with E-state index in [2.05, 4.69) is 24.3 Å². The van der Waals surface area contributed by atoms with Crippen LogP contribution in [0.5, 0.6) is 0 Å². The molecule has 0 saturated heterocycles. The molecule has 1 heterocycles. The Morgan fingerprint density at radius 2 is 1.12 bits per heavy atom. The Bertz CT molecular complexity index is 1820. The molecule has 0 atom stereocenters. The first-order chi connectivity index (χ1) is 15.7. The molecule has 0 aliphatic heterocycles. The zero-order chi connectivity index (χ0) is 21.4. The van der Waals surface area contributed by atoms with Gasteiger partial charge in [0.05, 0.1) is 22.1 Å². The molecule has 1 aliphatic rings. The topological polar surface area (TPSA) is 59.9 Å². The molecule has 0 bridgehead atoms. The Morgan fingerprint density at radius 3 is 1.94 bits per heavy atom. The van der Waals surface area contributed by atoms with Crippen LogP contribution in [-0.2, 0) is 0 Å². The number of aromatic nitrogens is 2. The highest BCUT2D eigenvalue weighted by molar-refractivity contribution is 6.31. The number of hydrogen-bond acceptors (Lipinski definition) is 4. The molecular weight excluding hydrogens is 396 g/mol. The average molecular weight is 410 g/mol. The molecule has 0 spiro atoms.